The normalized spacial score (nSPS) is 14.1. The topological polar surface area (TPSA) is 121 Å². The minimum Gasteiger partial charge on any atom is -0.479 e. The third kappa shape index (κ3) is 4.87. The summed E-state index contributed by atoms with van der Waals surface area (Å²) in [4.78, 5) is 42.4. The zero-order chi connectivity index (χ0) is 26.1. The first-order chi connectivity index (χ1) is 17.9. The third-order valence-electron chi connectivity index (χ3n) is 6.66. The van der Waals surface area contributed by atoms with Crippen LogP contribution in [0.1, 0.15) is 62.2 Å². The molecule has 0 bridgehead atoms. The van der Waals surface area contributed by atoms with Gasteiger partial charge in [0.2, 0.25) is 5.88 Å². The summed E-state index contributed by atoms with van der Waals surface area (Å²) < 4.78 is 7.36. The lowest BCUT2D eigenvalue weighted by molar-refractivity contribution is 0.401. The molecular weight excluding hydrogens is 488 g/mol. The van der Waals surface area contributed by atoms with E-state index in [2.05, 4.69) is 25.3 Å². The lowest BCUT2D eigenvalue weighted by atomic mass is 10.1. The van der Waals surface area contributed by atoms with E-state index in [1.165, 1.54) is 0 Å². The molecule has 4 aromatic rings. The van der Waals surface area contributed by atoms with Gasteiger partial charge in [0.25, 0.3) is 5.56 Å². The summed E-state index contributed by atoms with van der Waals surface area (Å²) in [5.74, 6) is 1.33. The Balaban J connectivity index is 1.65. The molecule has 11 heteroatoms. The van der Waals surface area contributed by atoms with Crippen LogP contribution in [-0.4, -0.2) is 47.8 Å². The maximum Gasteiger partial charge on any atom is 0.295 e. The summed E-state index contributed by atoms with van der Waals surface area (Å²) in [5, 5.41) is 3.17. The number of nitrogens with one attached hydrogen (secondary N) is 1. The van der Waals surface area contributed by atoms with Gasteiger partial charge in [0.05, 0.1) is 36.3 Å². The van der Waals surface area contributed by atoms with Crippen LogP contribution in [0.5, 0.6) is 5.88 Å². The van der Waals surface area contributed by atoms with E-state index >= 15 is 0 Å². The molecule has 1 N–H and O–H groups in total. The SMILES string of the molecule is CC[C@@H](C)n1c(=O)c(NCc2ccc(SC)cn2)nc2c(OC)nc(-c3c(C)ncnc3C3CC3)nc21. The Hall–Kier alpha value is -3.60. The van der Waals surface area contributed by atoms with Gasteiger partial charge in [-0.2, -0.15) is 4.98 Å². The number of aromatic nitrogens is 7. The standard InChI is InChI=1S/C26H30N8O2S/c1-6-14(2)34-24-21(31-23(26(34)35)28-11-17-9-10-18(37-5)12-27-17)25(36-4)33-22(32-24)19-15(3)29-13-30-20(19)16-7-8-16/h9-10,12-14,16H,6-8,11H2,1-5H3,(H,28,31)/t14-/m1/s1. The number of nitrogens with zero attached hydrogens (tertiary/aromatic N) is 7. The number of hydrogen-bond acceptors (Lipinski definition) is 10. The molecule has 0 unspecified atom stereocenters. The second-order valence-corrected chi connectivity index (χ2v) is 10.0. The van der Waals surface area contributed by atoms with E-state index < -0.39 is 0 Å². The molecule has 1 aliphatic carbocycles. The number of methoxy groups -OCH3 is 1. The van der Waals surface area contributed by atoms with Crippen molar-refractivity contribution >= 4 is 28.7 Å². The van der Waals surface area contributed by atoms with Crippen LogP contribution in [0.4, 0.5) is 5.82 Å². The molecule has 0 amide bonds. The zero-order valence-corrected chi connectivity index (χ0v) is 22.5. The summed E-state index contributed by atoms with van der Waals surface area (Å²) in [6.07, 6.45) is 8.30. The molecule has 37 heavy (non-hydrogen) atoms. The number of hydrogen-bond donors (Lipinski definition) is 1. The Morgan fingerprint density at radius 3 is 2.65 bits per heavy atom. The van der Waals surface area contributed by atoms with Crippen LogP contribution >= 0.6 is 11.8 Å². The average molecular weight is 519 g/mol. The molecule has 1 atom stereocenters. The van der Waals surface area contributed by atoms with Crippen molar-refractivity contribution in [2.24, 2.45) is 0 Å². The molecule has 4 heterocycles. The van der Waals surface area contributed by atoms with E-state index in [0.717, 1.165) is 46.8 Å². The first kappa shape index (κ1) is 25.1. The predicted molar refractivity (Wildman–Crippen MR) is 144 cm³/mol. The summed E-state index contributed by atoms with van der Waals surface area (Å²) >= 11 is 1.63. The highest BCUT2D eigenvalue weighted by molar-refractivity contribution is 7.98. The Morgan fingerprint density at radius 2 is 2.00 bits per heavy atom. The number of thioether (sulfide) groups is 1. The Labute approximate surface area is 219 Å². The molecular formula is C26H30N8O2S. The van der Waals surface area contributed by atoms with Crippen LogP contribution in [0.25, 0.3) is 22.6 Å². The molecule has 0 aromatic carbocycles. The molecule has 0 radical (unpaired) electrons. The number of rotatable bonds is 9. The van der Waals surface area contributed by atoms with Crippen molar-refractivity contribution in [3.63, 3.8) is 0 Å². The monoisotopic (exact) mass is 518 g/mol. The quantitative estimate of drug-likeness (QED) is 0.316. The lowest BCUT2D eigenvalue weighted by Gasteiger charge is -2.19. The highest BCUT2D eigenvalue weighted by Gasteiger charge is 2.31. The smallest absolute Gasteiger partial charge is 0.295 e. The number of anilines is 1. The Kier molecular flexibility index (Phi) is 7.05. The van der Waals surface area contributed by atoms with E-state index in [1.54, 1.807) is 29.8 Å². The van der Waals surface area contributed by atoms with E-state index in [4.69, 9.17) is 14.7 Å². The summed E-state index contributed by atoms with van der Waals surface area (Å²) in [6, 6.07) is 3.81. The predicted octanol–water partition coefficient (Wildman–Crippen LogP) is 4.54. The van der Waals surface area contributed by atoms with Crippen LogP contribution in [-0.2, 0) is 6.54 Å². The first-order valence-corrected chi connectivity index (χ1v) is 13.6. The van der Waals surface area contributed by atoms with Crippen molar-refractivity contribution in [3.05, 3.63) is 52.1 Å². The number of fused-ring (bicyclic) bond motifs is 1. The highest BCUT2D eigenvalue weighted by atomic mass is 32.2. The van der Waals surface area contributed by atoms with Gasteiger partial charge in [0.1, 0.15) is 6.33 Å². The number of pyridine rings is 1. The molecule has 5 rings (SSSR count). The second-order valence-electron chi connectivity index (χ2n) is 9.16. The molecule has 1 saturated carbocycles. The van der Waals surface area contributed by atoms with Gasteiger partial charge in [-0.1, -0.05) is 6.92 Å². The summed E-state index contributed by atoms with van der Waals surface area (Å²) in [6.45, 7) is 6.31. The third-order valence-corrected chi connectivity index (χ3v) is 7.37. The van der Waals surface area contributed by atoms with Crippen LogP contribution in [0.15, 0.2) is 34.3 Å². The molecule has 1 aliphatic rings. The molecule has 0 aliphatic heterocycles. The molecule has 0 spiro atoms. The van der Waals surface area contributed by atoms with Crippen molar-refractivity contribution in [2.75, 3.05) is 18.7 Å². The molecule has 10 nitrogen and oxygen atoms in total. The van der Waals surface area contributed by atoms with Crippen molar-refractivity contribution in [2.45, 2.75) is 63.4 Å². The molecule has 1 fully saturated rings. The average Bonchev–Trinajstić information content (AvgIpc) is 3.77. The van der Waals surface area contributed by atoms with Gasteiger partial charge in [-0.15, -0.1) is 11.8 Å². The van der Waals surface area contributed by atoms with Crippen LogP contribution in [0.2, 0.25) is 0 Å². The number of ether oxygens (including phenoxy) is 1. The Bertz CT molecular complexity index is 1500. The van der Waals surface area contributed by atoms with Crippen molar-refractivity contribution in [1.29, 1.82) is 0 Å². The molecule has 192 valence electrons. The summed E-state index contributed by atoms with van der Waals surface area (Å²) in [5.41, 5.74) is 3.94. The van der Waals surface area contributed by atoms with Gasteiger partial charge in [-0.3, -0.25) is 14.3 Å². The first-order valence-electron chi connectivity index (χ1n) is 12.4. The maximum atomic E-state index is 13.7. The van der Waals surface area contributed by atoms with Gasteiger partial charge in [0.15, 0.2) is 22.8 Å². The number of aryl methyl sites for hydroxylation is 1. The maximum absolute atomic E-state index is 13.7. The molecule has 0 saturated heterocycles. The van der Waals surface area contributed by atoms with Crippen LogP contribution in [0, 0.1) is 6.92 Å². The molecule has 4 aromatic heterocycles. The van der Waals surface area contributed by atoms with Crippen molar-refractivity contribution in [1.82, 2.24) is 34.5 Å². The van der Waals surface area contributed by atoms with Crippen LogP contribution < -0.4 is 15.6 Å². The van der Waals surface area contributed by atoms with E-state index in [9.17, 15) is 4.79 Å². The fraction of sp³-hybridized carbons (Fsp3) is 0.423. The minimum absolute atomic E-state index is 0.124. The van der Waals surface area contributed by atoms with Gasteiger partial charge in [-0.25, -0.2) is 19.9 Å². The van der Waals surface area contributed by atoms with Gasteiger partial charge >= 0.3 is 0 Å². The fourth-order valence-corrected chi connectivity index (χ4v) is 4.63. The van der Waals surface area contributed by atoms with Gasteiger partial charge in [-0.05, 0) is 51.5 Å². The van der Waals surface area contributed by atoms with E-state index in [1.807, 2.05) is 45.4 Å². The minimum atomic E-state index is -0.252. The fourth-order valence-electron chi connectivity index (χ4n) is 4.26. The van der Waals surface area contributed by atoms with Crippen molar-refractivity contribution < 1.29 is 4.74 Å². The van der Waals surface area contributed by atoms with E-state index in [-0.39, 0.29) is 17.4 Å². The van der Waals surface area contributed by atoms with Crippen LogP contribution in [0.3, 0.4) is 0 Å². The largest absolute Gasteiger partial charge is 0.479 e. The zero-order valence-electron chi connectivity index (χ0n) is 21.6. The second kappa shape index (κ2) is 10.4. The van der Waals surface area contributed by atoms with Crippen molar-refractivity contribution in [3.8, 4) is 17.3 Å². The summed E-state index contributed by atoms with van der Waals surface area (Å²) in [7, 11) is 1.55. The lowest BCUT2D eigenvalue weighted by Crippen LogP contribution is -2.28. The Morgan fingerprint density at radius 1 is 1.19 bits per heavy atom. The van der Waals surface area contributed by atoms with E-state index in [0.29, 0.717) is 35.3 Å². The highest BCUT2D eigenvalue weighted by Crippen LogP contribution is 2.43. The van der Waals surface area contributed by atoms with Gasteiger partial charge < -0.3 is 10.1 Å². The van der Waals surface area contributed by atoms with Gasteiger partial charge in [0, 0.05) is 23.1 Å².